The van der Waals surface area contributed by atoms with E-state index in [1.54, 1.807) is 0 Å². The molecule has 0 rings (SSSR count). The highest BCUT2D eigenvalue weighted by atomic mass is 16.5. The van der Waals surface area contributed by atoms with Crippen LogP contribution >= 0.6 is 0 Å². The third-order valence-corrected chi connectivity index (χ3v) is 1.32. The van der Waals surface area contributed by atoms with E-state index in [2.05, 4.69) is 9.47 Å². The molecule has 0 saturated heterocycles. The summed E-state index contributed by atoms with van der Waals surface area (Å²) >= 11 is 0. The third kappa shape index (κ3) is 6.64. The van der Waals surface area contributed by atoms with E-state index in [1.165, 1.54) is 6.92 Å². The van der Waals surface area contributed by atoms with Gasteiger partial charge in [-0.1, -0.05) is 0 Å². The zero-order chi connectivity index (χ0) is 11.7. The molecule has 6 nitrogen and oxygen atoms in total. The average molecular weight is 218 g/mol. The van der Waals surface area contributed by atoms with Crippen LogP contribution in [0.2, 0.25) is 0 Å². The first kappa shape index (κ1) is 13.6. The van der Waals surface area contributed by atoms with Gasteiger partial charge >= 0.3 is 11.9 Å². The van der Waals surface area contributed by atoms with Gasteiger partial charge in [0, 0.05) is 11.6 Å². The molecule has 0 bridgehead atoms. The number of carbonyl (C=O) groups is 2. The molecule has 0 unspecified atom stereocenters. The Bertz CT molecular complexity index is 245. The normalized spacial score (nSPS) is 11.0. The molecule has 0 spiro atoms. The second kappa shape index (κ2) is 7.95. The first-order valence-corrected chi connectivity index (χ1v) is 4.35. The zero-order valence-electron chi connectivity index (χ0n) is 8.43. The molecule has 0 saturated carbocycles. The standard InChI is InChI=1S/C9H14O6/c1-7(9(13)15-5-3-11)6-8(12)14-4-2-10/h6,10-11H,2-5H2,1H3. The Labute approximate surface area is 87.1 Å². The fraction of sp³-hybridized carbons (Fsp3) is 0.556. The highest BCUT2D eigenvalue weighted by molar-refractivity contribution is 5.95. The Hall–Kier alpha value is -1.40. The minimum atomic E-state index is -0.720. The highest BCUT2D eigenvalue weighted by Gasteiger charge is 2.08. The summed E-state index contributed by atoms with van der Waals surface area (Å²) in [6.07, 6.45) is 0.968. The number of ether oxygens (including phenoxy) is 2. The van der Waals surface area contributed by atoms with Crippen LogP contribution in [-0.4, -0.2) is 48.6 Å². The van der Waals surface area contributed by atoms with E-state index in [1.807, 2.05) is 0 Å². The van der Waals surface area contributed by atoms with E-state index in [0.717, 1.165) is 6.08 Å². The van der Waals surface area contributed by atoms with Crippen molar-refractivity contribution in [3.05, 3.63) is 11.6 Å². The molecule has 0 aromatic carbocycles. The molecule has 0 heterocycles. The summed E-state index contributed by atoms with van der Waals surface area (Å²) in [5.41, 5.74) is 0.0754. The first-order valence-electron chi connectivity index (χ1n) is 4.35. The van der Waals surface area contributed by atoms with Crippen molar-refractivity contribution in [2.45, 2.75) is 6.92 Å². The maximum Gasteiger partial charge on any atom is 0.334 e. The van der Waals surface area contributed by atoms with Gasteiger partial charge in [-0.15, -0.1) is 0 Å². The van der Waals surface area contributed by atoms with Crippen molar-refractivity contribution in [2.24, 2.45) is 0 Å². The van der Waals surface area contributed by atoms with Crippen molar-refractivity contribution in [3.8, 4) is 0 Å². The van der Waals surface area contributed by atoms with Crippen LogP contribution in [-0.2, 0) is 19.1 Å². The Morgan fingerprint density at radius 2 is 1.67 bits per heavy atom. The minimum Gasteiger partial charge on any atom is -0.460 e. The number of hydrogen-bond donors (Lipinski definition) is 2. The summed E-state index contributed by atoms with van der Waals surface area (Å²) in [5.74, 6) is -1.41. The molecule has 2 N–H and O–H groups in total. The number of esters is 2. The van der Waals surface area contributed by atoms with Gasteiger partial charge in [0.1, 0.15) is 13.2 Å². The van der Waals surface area contributed by atoms with Crippen molar-refractivity contribution >= 4 is 11.9 Å². The molecule has 15 heavy (non-hydrogen) atoms. The van der Waals surface area contributed by atoms with Crippen LogP contribution in [0, 0.1) is 0 Å². The Balaban J connectivity index is 4.05. The summed E-state index contributed by atoms with van der Waals surface area (Å²) in [6.45, 7) is 0.617. The van der Waals surface area contributed by atoms with Crippen molar-refractivity contribution in [1.82, 2.24) is 0 Å². The van der Waals surface area contributed by atoms with E-state index >= 15 is 0 Å². The molecule has 0 aliphatic heterocycles. The van der Waals surface area contributed by atoms with Crippen molar-refractivity contribution in [1.29, 1.82) is 0 Å². The molecule has 0 radical (unpaired) electrons. The van der Waals surface area contributed by atoms with Crippen LogP contribution in [0.4, 0.5) is 0 Å². The van der Waals surface area contributed by atoms with Crippen molar-refractivity contribution in [3.63, 3.8) is 0 Å². The van der Waals surface area contributed by atoms with Gasteiger partial charge in [0.25, 0.3) is 0 Å². The monoisotopic (exact) mass is 218 g/mol. The van der Waals surface area contributed by atoms with E-state index in [-0.39, 0.29) is 32.0 Å². The first-order chi connectivity index (χ1) is 7.11. The fourth-order valence-electron chi connectivity index (χ4n) is 0.676. The van der Waals surface area contributed by atoms with Crippen LogP contribution in [0.3, 0.4) is 0 Å². The van der Waals surface area contributed by atoms with Gasteiger partial charge in [0.15, 0.2) is 0 Å². The van der Waals surface area contributed by atoms with Crippen LogP contribution in [0.15, 0.2) is 11.6 Å². The molecule has 0 aromatic rings. The minimum absolute atomic E-state index is 0.0754. The topological polar surface area (TPSA) is 93.1 Å². The van der Waals surface area contributed by atoms with Crippen molar-refractivity contribution < 1.29 is 29.3 Å². The maximum absolute atomic E-state index is 11.1. The molecule has 86 valence electrons. The van der Waals surface area contributed by atoms with Gasteiger partial charge in [-0.3, -0.25) is 0 Å². The lowest BCUT2D eigenvalue weighted by atomic mass is 10.3. The summed E-state index contributed by atoms with van der Waals surface area (Å²) < 4.78 is 9.04. The molecular weight excluding hydrogens is 204 g/mol. The second-order valence-corrected chi connectivity index (χ2v) is 2.58. The molecule has 0 aliphatic carbocycles. The number of rotatable bonds is 6. The SMILES string of the molecule is CC(=CC(=O)OCCO)C(=O)OCCO. The molecule has 0 aliphatic rings. The lowest BCUT2D eigenvalue weighted by Crippen LogP contribution is -2.12. The maximum atomic E-state index is 11.1. The smallest absolute Gasteiger partial charge is 0.334 e. The lowest BCUT2D eigenvalue weighted by Gasteiger charge is -2.02. The van der Waals surface area contributed by atoms with Gasteiger partial charge < -0.3 is 19.7 Å². The van der Waals surface area contributed by atoms with Gasteiger partial charge in [0.2, 0.25) is 0 Å². The molecule has 0 amide bonds. The van der Waals surface area contributed by atoms with E-state index in [4.69, 9.17) is 10.2 Å². The molecule has 0 atom stereocenters. The Morgan fingerprint density at radius 3 is 2.20 bits per heavy atom. The van der Waals surface area contributed by atoms with Crippen molar-refractivity contribution in [2.75, 3.05) is 26.4 Å². The summed E-state index contributed by atoms with van der Waals surface area (Å²) in [7, 11) is 0. The van der Waals surface area contributed by atoms with Gasteiger partial charge in [0.05, 0.1) is 13.2 Å². The molecule has 0 aromatic heterocycles. The number of carbonyl (C=O) groups excluding carboxylic acids is 2. The second-order valence-electron chi connectivity index (χ2n) is 2.58. The molecular formula is C9H14O6. The number of aliphatic hydroxyl groups is 2. The Kier molecular flexibility index (Phi) is 7.21. The quantitative estimate of drug-likeness (QED) is 0.439. The largest absolute Gasteiger partial charge is 0.460 e. The summed E-state index contributed by atoms with van der Waals surface area (Å²) in [4.78, 5) is 22.0. The van der Waals surface area contributed by atoms with Gasteiger partial charge in [-0.05, 0) is 6.92 Å². The molecule has 0 fully saturated rings. The lowest BCUT2D eigenvalue weighted by molar-refractivity contribution is -0.142. The predicted molar refractivity (Wildman–Crippen MR) is 49.8 cm³/mol. The summed E-state index contributed by atoms with van der Waals surface area (Å²) in [5, 5.41) is 16.7. The average Bonchev–Trinajstić information content (AvgIpc) is 2.22. The summed E-state index contributed by atoms with van der Waals surface area (Å²) in [6, 6.07) is 0. The van der Waals surface area contributed by atoms with Crippen LogP contribution in [0.5, 0.6) is 0 Å². The van der Waals surface area contributed by atoms with Crippen LogP contribution in [0.25, 0.3) is 0 Å². The zero-order valence-corrected chi connectivity index (χ0v) is 8.43. The van der Waals surface area contributed by atoms with Gasteiger partial charge in [-0.2, -0.15) is 0 Å². The van der Waals surface area contributed by atoms with Gasteiger partial charge in [-0.25, -0.2) is 9.59 Å². The fourth-order valence-corrected chi connectivity index (χ4v) is 0.676. The van der Waals surface area contributed by atoms with E-state index < -0.39 is 11.9 Å². The Morgan fingerprint density at radius 1 is 1.13 bits per heavy atom. The molecule has 6 heteroatoms. The van der Waals surface area contributed by atoms with Crippen LogP contribution in [0.1, 0.15) is 6.92 Å². The van der Waals surface area contributed by atoms with Crippen LogP contribution < -0.4 is 0 Å². The predicted octanol–water partition coefficient (Wildman–Crippen LogP) is -0.996. The third-order valence-electron chi connectivity index (χ3n) is 1.32. The highest BCUT2D eigenvalue weighted by Crippen LogP contribution is 1.97. The van der Waals surface area contributed by atoms with E-state index in [0.29, 0.717) is 0 Å². The van der Waals surface area contributed by atoms with E-state index in [9.17, 15) is 9.59 Å². The number of hydrogen-bond acceptors (Lipinski definition) is 6. The number of aliphatic hydroxyl groups excluding tert-OH is 2.